The van der Waals surface area contributed by atoms with Crippen molar-refractivity contribution in [1.82, 2.24) is 0 Å². The summed E-state index contributed by atoms with van der Waals surface area (Å²) in [4.78, 5) is 13.3. The van der Waals surface area contributed by atoms with Crippen LogP contribution < -0.4 is 5.73 Å². The Labute approximate surface area is 205 Å². The maximum Gasteiger partial charge on any atom is 0.160 e. The maximum absolute atomic E-state index is 13.3. The molecule has 0 bridgehead atoms. The molecule has 0 amide bonds. The van der Waals surface area contributed by atoms with Gasteiger partial charge in [-0.3, -0.25) is 4.79 Å². The third-order valence-corrected chi connectivity index (χ3v) is 9.81. The van der Waals surface area contributed by atoms with E-state index in [0.29, 0.717) is 32.1 Å². The summed E-state index contributed by atoms with van der Waals surface area (Å²) in [5.74, 6) is -1.03. The topological polar surface area (TPSA) is 113 Å². The Balaban J connectivity index is 1.64. The highest BCUT2D eigenvalue weighted by Crippen LogP contribution is 2.64. The van der Waals surface area contributed by atoms with Gasteiger partial charge in [-0.15, -0.1) is 0 Å². The molecule has 0 radical (unpaired) electrons. The molecule has 194 valence electrons. The number of ether oxygens (including phenoxy) is 1. The first-order valence-corrected chi connectivity index (χ1v) is 13.5. The van der Waals surface area contributed by atoms with Crippen molar-refractivity contribution in [1.29, 1.82) is 0 Å². The van der Waals surface area contributed by atoms with E-state index >= 15 is 0 Å². The first kappa shape index (κ1) is 26.3. The first-order valence-electron chi connectivity index (χ1n) is 13.5. The smallest absolute Gasteiger partial charge is 0.160 e. The summed E-state index contributed by atoms with van der Waals surface area (Å²) < 4.78 is 6.15. The van der Waals surface area contributed by atoms with Crippen LogP contribution in [0.15, 0.2) is 11.6 Å². The van der Waals surface area contributed by atoms with Gasteiger partial charge in [0.05, 0.1) is 17.2 Å². The third-order valence-electron chi connectivity index (χ3n) is 9.81. The minimum atomic E-state index is -1.32. The molecule has 0 aromatic carbocycles. The number of carbonyl (C=O) groups excluding carboxylic acids is 1. The first-order chi connectivity index (χ1) is 15.6. The van der Waals surface area contributed by atoms with Crippen molar-refractivity contribution in [2.45, 2.75) is 134 Å². The molecule has 0 spiro atoms. The summed E-state index contributed by atoms with van der Waals surface area (Å²) >= 11 is 0. The van der Waals surface area contributed by atoms with Crippen molar-refractivity contribution in [2.75, 3.05) is 0 Å². The fraction of sp³-hybridized carbons (Fsp3) is 0.893. The Bertz CT molecular complexity index is 826. The maximum atomic E-state index is 13.3. The molecule has 7 atom stereocenters. The van der Waals surface area contributed by atoms with Crippen LogP contribution in [0, 0.1) is 23.2 Å². The van der Waals surface area contributed by atoms with Gasteiger partial charge in [-0.05, 0) is 108 Å². The average Bonchev–Trinajstić information content (AvgIpc) is 2.97. The van der Waals surface area contributed by atoms with Crippen molar-refractivity contribution in [3.05, 3.63) is 11.6 Å². The number of ketones is 1. The second-order valence-corrected chi connectivity index (χ2v) is 13.3. The minimum Gasteiger partial charge on any atom is -0.390 e. The summed E-state index contributed by atoms with van der Waals surface area (Å²) in [6.07, 6.45) is 10.4. The molecule has 6 nitrogen and oxygen atoms in total. The van der Waals surface area contributed by atoms with Crippen LogP contribution in [0.5, 0.6) is 0 Å². The van der Waals surface area contributed by atoms with Gasteiger partial charge in [0.1, 0.15) is 5.60 Å². The Morgan fingerprint density at radius 3 is 2.44 bits per heavy atom. The van der Waals surface area contributed by atoms with Gasteiger partial charge < -0.3 is 25.8 Å². The molecule has 4 rings (SSSR count). The van der Waals surface area contributed by atoms with E-state index in [2.05, 4.69) is 6.92 Å². The van der Waals surface area contributed by atoms with Crippen LogP contribution in [-0.4, -0.2) is 49.7 Å². The Hall–Kier alpha value is -0.790. The van der Waals surface area contributed by atoms with Crippen molar-refractivity contribution in [3.63, 3.8) is 0 Å². The lowest BCUT2D eigenvalue weighted by atomic mass is 9.48. The van der Waals surface area contributed by atoms with E-state index in [0.717, 1.165) is 44.1 Å². The van der Waals surface area contributed by atoms with Gasteiger partial charge in [0, 0.05) is 11.8 Å². The van der Waals surface area contributed by atoms with E-state index in [1.165, 1.54) is 0 Å². The minimum absolute atomic E-state index is 0.0641. The van der Waals surface area contributed by atoms with Gasteiger partial charge in [0.25, 0.3) is 0 Å². The number of rotatable bonds is 7. The SMILES string of the molecule is CC(C)(O)CCCC(OC(C)(C)O)C1CC[C@@]2(O)C3=CC(=O)C4CCCCC4(C)C3CCC12N. The molecule has 4 aliphatic rings. The highest BCUT2D eigenvalue weighted by molar-refractivity contribution is 5.95. The van der Waals surface area contributed by atoms with E-state index in [9.17, 15) is 20.1 Å². The van der Waals surface area contributed by atoms with Gasteiger partial charge in [-0.25, -0.2) is 0 Å². The van der Waals surface area contributed by atoms with Crippen molar-refractivity contribution in [3.8, 4) is 0 Å². The number of hydrogen-bond acceptors (Lipinski definition) is 6. The summed E-state index contributed by atoms with van der Waals surface area (Å²) in [7, 11) is 0. The lowest BCUT2D eigenvalue weighted by Gasteiger charge is -2.59. The quantitative estimate of drug-likeness (QED) is 0.412. The molecule has 0 aromatic heterocycles. The molecule has 0 saturated heterocycles. The van der Waals surface area contributed by atoms with Crippen LogP contribution in [0.25, 0.3) is 0 Å². The van der Waals surface area contributed by atoms with Crippen LogP contribution in [0.2, 0.25) is 0 Å². The van der Waals surface area contributed by atoms with E-state index in [1.807, 2.05) is 0 Å². The molecular weight excluding hydrogens is 430 g/mol. The number of hydrogen-bond donors (Lipinski definition) is 4. The summed E-state index contributed by atoms with van der Waals surface area (Å²) in [5, 5.41) is 32.9. The number of fused-ring (bicyclic) bond motifs is 5. The van der Waals surface area contributed by atoms with Gasteiger partial charge in [0.15, 0.2) is 11.6 Å². The standard InChI is InChI=1S/C28H47NO5/c1-24(2,31)13-8-10-23(34-25(3,4)32)20-12-16-28(33)21-17-22(30)19-9-6-7-14-26(19,5)18(21)11-15-27(20,28)29/h17-20,23,31-33H,6-16,29H2,1-5H3/t18?,19?,20?,23?,26?,27?,28-/m1/s1. The molecule has 3 fully saturated rings. The fourth-order valence-corrected chi connectivity index (χ4v) is 8.16. The predicted molar refractivity (Wildman–Crippen MR) is 132 cm³/mol. The van der Waals surface area contributed by atoms with Gasteiger partial charge in [0.2, 0.25) is 0 Å². The molecule has 5 N–H and O–H groups in total. The van der Waals surface area contributed by atoms with Crippen LogP contribution >= 0.6 is 0 Å². The fourth-order valence-electron chi connectivity index (χ4n) is 8.16. The molecule has 0 heterocycles. The summed E-state index contributed by atoms with van der Waals surface area (Å²) in [5.41, 5.74) is 5.05. The summed E-state index contributed by atoms with van der Waals surface area (Å²) in [6.45, 7) is 9.12. The number of aliphatic hydroxyl groups is 3. The molecule has 3 saturated carbocycles. The molecule has 0 aromatic rings. The highest BCUT2D eigenvalue weighted by atomic mass is 16.6. The van der Waals surface area contributed by atoms with Crippen molar-refractivity contribution in [2.24, 2.45) is 28.9 Å². The molecule has 34 heavy (non-hydrogen) atoms. The van der Waals surface area contributed by atoms with E-state index < -0.39 is 22.5 Å². The lowest BCUT2D eigenvalue weighted by Crippen LogP contribution is -2.68. The average molecular weight is 478 g/mol. The molecular formula is C28H47NO5. The number of nitrogens with two attached hydrogens (primary N) is 1. The molecule has 4 aliphatic carbocycles. The van der Waals surface area contributed by atoms with E-state index in [-0.39, 0.29) is 35.1 Å². The van der Waals surface area contributed by atoms with Gasteiger partial charge in [-0.2, -0.15) is 0 Å². The second-order valence-electron chi connectivity index (χ2n) is 13.3. The van der Waals surface area contributed by atoms with Crippen molar-refractivity contribution < 1.29 is 24.9 Å². The molecule has 0 aliphatic heterocycles. The molecule has 6 unspecified atom stereocenters. The summed E-state index contributed by atoms with van der Waals surface area (Å²) in [6, 6.07) is 0. The third kappa shape index (κ3) is 4.43. The largest absolute Gasteiger partial charge is 0.390 e. The Morgan fingerprint density at radius 1 is 1.09 bits per heavy atom. The second kappa shape index (κ2) is 8.65. The van der Waals surface area contributed by atoms with Crippen molar-refractivity contribution >= 4 is 5.78 Å². The Morgan fingerprint density at radius 2 is 1.79 bits per heavy atom. The van der Waals surface area contributed by atoms with Crippen LogP contribution in [0.3, 0.4) is 0 Å². The zero-order valence-corrected chi connectivity index (χ0v) is 21.9. The van der Waals surface area contributed by atoms with Crippen LogP contribution in [-0.2, 0) is 9.53 Å². The van der Waals surface area contributed by atoms with Crippen LogP contribution in [0.4, 0.5) is 0 Å². The monoisotopic (exact) mass is 477 g/mol. The number of carbonyl (C=O) groups is 1. The van der Waals surface area contributed by atoms with Gasteiger partial charge in [-0.1, -0.05) is 19.8 Å². The normalized spacial score (nSPS) is 41.4. The van der Waals surface area contributed by atoms with Gasteiger partial charge >= 0.3 is 0 Å². The molecule has 6 heteroatoms. The zero-order chi connectivity index (χ0) is 25.2. The highest BCUT2D eigenvalue weighted by Gasteiger charge is 2.67. The Kier molecular flexibility index (Phi) is 6.69. The van der Waals surface area contributed by atoms with Crippen LogP contribution in [0.1, 0.15) is 105 Å². The number of allylic oxidation sites excluding steroid dienone is 1. The predicted octanol–water partition coefficient (Wildman–Crippen LogP) is 4.00. The van der Waals surface area contributed by atoms with E-state index in [4.69, 9.17) is 10.5 Å². The lowest BCUT2D eigenvalue weighted by molar-refractivity contribution is -0.225. The van der Waals surface area contributed by atoms with E-state index in [1.54, 1.807) is 33.8 Å². The zero-order valence-electron chi connectivity index (χ0n) is 21.9.